The second-order valence-corrected chi connectivity index (χ2v) is 7.63. The number of rotatable bonds is 5. The molecule has 0 aliphatic heterocycles. The van der Waals surface area contributed by atoms with Crippen molar-refractivity contribution >= 4 is 33.4 Å². The van der Waals surface area contributed by atoms with Crippen LogP contribution >= 0.6 is 11.8 Å². The van der Waals surface area contributed by atoms with Crippen LogP contribution in [0.25, 0.3) is 0 Å². The smallest absolute Gasteiger partial charge is 0.261 e. The van der Waals surface area contributed by atoms with Crippen LogP contribution in [0.4, 0.5) is 5.69 Å². The minimum absolute atomic E-state index is 0.0553. The molecule has 0 heterocycles. The van der Waals surface area contributed by atoms with Gasteiger partial charge in [0.1, 0.15) is 0 Å². The van der Waals surface area contributed by atoms with Gasteiger partial charge in [-0.3, -0.25) is 9.52 Å². The molecule has 0 aliphatic rings. The summed E-state index contributed by atoms with van der Waals surface area (Å²) < 4.78 is 27.5. The summed E-state index contributed by atoms with van der Waals surface area (Å²) in [6, 6.07) is 13.1. The Labute approximate surface area is 140 Å². The van der Waals surface area contributed by atoms with Crippen molar-refractivity contribution in [1.82, 2.24) is 4.90 Å². The molecule has 2 rings (SSSR count). The topological polar surface area (TPSA) is 66.5 Å². The first-order valence-electron chi connectivity index (χ1n) is 6.82. The number of hydrogen-bond donors (Lipinski definition) is 1. The maximum absolute atomic E-state index is 12.5. The molecule has 0 fully saturated rings. The van der Waals surface area contributed by atoms with Crippen LogP contribution in [0.1, 0.15) is 10.4 Å². The summed E-state index contributed by atoms with van der Waals surface area (Å²) in [7, 11) is -0.509. The lowest BCUT2D eigenvalue weighted by molar-refractivity contribution is 0.0827. The molecular formula is C16H18N2O3S2. The second kappa shape index (κ2) is 7.06. The van der Waals surface area contributed by atoms with E-state index in [2.05, 4.69) is 4.72 Å². The number of carbonyl (C=O) groups is 1. The van der Waals surface area contributed by atoms with Crippen molar-refractivity contribution in [3.8, 4) is 0 Å². The first-order valence-corrected chi connectivity index (χ1v) is 9.53. The molecule has 1 amide bonds. The molecule has 0 atom stereocenters. The number of carbonyl (C=O) groups excluding carboxylic acids is 1. The Morgan fingerprint density at radius 2 is 1.78 bits per heavy atom. The van der Waals surface area contributed by atoms with Crippen LogP contribution < -0.4 is 4.72 Å². The molecule has 7 heteroatoms. The summed E-state index contributed by atoms with van der Waals surface area (Å²) in [6.45, 7) is 0. The number of benzene rings is 2. The van der Waals surface area contributed by atoms with E-state index in [1.54, 1.807) is 44.4 Å². The lowest BCUT2D eigenvalue weighted by atomic mass is 10.2. The zero-order valence-corrected chi connectivity index (χ0v) is 14.7. The van der Waals surface area contributed by atoms with Crippen molar-refractivity contribution in [3.63, 3.8) is 0 Å². The zero-order chi connectivity index (χ0) is 17.0. The zero-order valence-electron chi connectivity index (χ0n) is 13.1. The average Bonchev–Trinajstić information content (AvgIpc) is 2.54. The van der Waals surface area contributed by atoms with E-state index in [1.165, 1.54) is 28.8 Å². The minimum atomic E-state index is -3.75. The summed E-state index contributed by atoms with van der Waals surface area (Å²) in [5.74, 6) is -0.244. The Bertz CT molecular complexity index is 818. The number of hydrogen-bond acceptors (Lipinski definition) is 4. The van der Waals surface area contributed by atoms with Crippen LogP contribution in [0, 0.1) is 0 Å². The van der Waals surface area contributed by atoms with Gasteiger partial charge in [0.15, 0.2) is 0 Å². The maximum atomic E-state index is 12.5. The van der Waals surface area contributed by atoms with Gasteiger partial charge in [-0.15, -0.1) is 11.8 Å². The van der Waals surface area contributed by atoms with Crippen LogP contribution in [0.15, 0.2) is 58.3 Å². The number of thioether (sulfide) groups is 1. The first-order chi connectivity index (χ1) is 10.8. The molecule has 0 unspecified atom stereocenters. The van der Waals surface area contributed by atoms with Gasteiger partial charge in [-0.2, -0.15) is 0 Å². The average molecular weight is 350 g/mol. The van der Waals surface area contributed by atoms with Crippen molar-refractivity contribution in [1.29, 1.82) is 0 Å². The van der Waals surface area contributed by atoms with Crippen molar-refractivity contribution in [2.24, 2.45) is 0 Å². The fourth-order valence-electron chi connectivity index (χ4n) is 1.96. The molecule has 122 valence electrons. The lowest BCUT2D eigenvalue weighted by Crippen LogP contribution is -2.22. The number of nitrogens with one attached hydrogen (secondary N) is 1. The summed E-state index contributed by atoms with van der Waals surface area (Å²) in [4.78, 5) is 14.4. The summed E-state index contributed by atoms with van der Waals surface area (Å²) in [5, 5.41) is 0. The predicted octanol–water partition coefficient (Wildman–Crippen LogP) is 2.91. The lowest BCUT2D eigenvalue weighted by Gasteiger charge is -2.12. The SMILES string of the molecule is CSc1cccc(NS(=O)(=O)c2cccc(C(=O)N(C)C)c2)c1. The summed E-state index contributed by atoms with van der Waals surface area (Å²) >= 11 is 1.53. The normalized spacial score (nSPS) is 11.1. The first kappa shape index (κ1) is 17.4. The van der Waals surface area contributed by atoms with Gasteiger partial charge in [0.25, 0.3) is 15.9 Å². The molecule has 23 heavy (non-hydrogen) atoms. The Kier molecular flexibility index (Phi) is 5.33. The molecule has 0 bridgehead atoms. The van der Waals surface area contributed by atoms with Gasteiger partial charge < -0.3 is 4.90 Å². The predicted molar refractivity (Wildman–Crippen MR) is 93.5 cm³/mol. The summed E-state index contributed by atoms with van der Waals surface area (Å²) in [6.07, 6.45) is 1.92. The molecule has 2 aromatic rings. The quantitative estimate of drug-likeness (QED) is 0.842. The van der Waals surface area contributed by atoms with Crippen LogP contribution in [0.2, 0.25) is 0 Å². The molecule has 0 saturated carbocycles. The van der Waals surface area contributed by atoms with Crippen LogP contribution in [0.5, 0.6) is 0 Å². The van der Waals surface area contributed by atoms with Crippen LogP contribution in [0.3, 0.4) is 0 Å². The van der Waals surface area contributed by atoms with Crippen molar-refractivity contribution < 1.29 is 13.2 Å². The van der Waals surface area contributed by atoms with E-state index in [4.69, 9.17) is 0 Å². The summed E-state index contributed by atoms with van der Waals surface area (Å²) in [5.41, 5.74) is 0.817. The van der Waals surface area contributed by atoms with E-state index >= 15 is 0 Å². The third-order valence-corrected chi connectivity index (χ3v) is 5.22. The van der Waals surface area contributed by atoms with Crippen molar-refractivity contribution in [2.45, 2.75) is 9.79 Å². The molecule has 5 nitrogen and oxygen atoms in total. The second-order valence-electron chi connectivity index (χ2n) is 5.06. The highest BCUT2D eigenvalue weighted by Crippen LogP contribution is 2.22. The number of sulfonamides is 1. The Hall–Kier alpha value is -1.99. The molecule has 0 aromatic heterocycles. The maximum Gasteiger partial charge on any atom is 0.261 e. The van der Waals surface area contributed by atoms with E-state index in [1.807, 2.05) is 12.3 Å². The standard InChI is InChI=1S/C16H18N2O3S2/c1-18(2)16(19)12-6-4-9-15(10-12)23(20,21)17-13-7-5-8-14(11-13)22-3/h4-11,17H,1-3H3. The molecule has 2 aromatic carbocycles. The third kappa shape index (κ3) is 4.27. The van der Waals surface area contributed by atoms with Gasteiger partial charge in [0.05, 0.1) is 4.90 Å². The van der Waals surface area contributed by atoms with Crippen LogP contribution in [-0.4, -0.2) is 39.6 Å². The third-order valence-electron chi connectivity index (χ3n) is 3.12. The number of nitrogens with zero attached hydrogens (tertiary/aromatic N) is 1. The van der Waals surface area contributed by atoms with Gasteiger partial charge in [-0.05, 0) is 42.7 Å². The highest BCUT2D eigenvalue weighted by molar-refractivity contribution is 7.98. The van der Waals surface area contributed by atoms with E-state index in [0.717, 1.165) is 4.90 Å². The van der Waals surface area contributed by atoms with Gasteiger partial charge >= 0.3 is 0 Å². The van der Waals surface area contributed by atoms with Gasteiger partial charge in [0.2, 0.25) is 0 Å². The molecule has 0 radical (unpaired) electrons. The van der Waals surface area contributed by atoms with E-state index in [0.29, 0.717) is 11.3 Å². The fourth-order valence-corrected chi connectivity index (χ4v) is 3.51. The van der Waals surface area contributed by atoms with E-state index in [9.17, 15) is 13.2 Å². The van der Waals surface area contributed by atoms with E-state index < -0.39 is 10.0 Å². The van der Waals surface area contributed by atoms with Crippen molar-refractivity contribution in [2.75, 3.05) is 25.1 Å². The van der Waals surface area contributed by atoms with E-state index in [-0.39, 0.29) is 10.8 Å². The Morgan fingerprint density at radius 3 is 2.43 bits per heavy atom. The highest BCUT2D eigenvalue weighted by Gasteiger charge is 2.17. The fraction of sp³-hybridized carbons (Fsp3) is 0.188. The monoisotopic (exact) mass is 350 g/mol. The molecular weight excluding hydrogens is 332 g/mol. The molecule has 0 aliphatic carbocycles. The molecule has 0 spiro atoms. The number of anilines is 1. The largest absolute Gasteiger partial charge is 0.345 e. The van der Waals surface area contributed by atoms with Crippen LogP contribution in [-0.2, 0) is 10.0 Å². The Morgan fingerprint density at radius 1 is 1.09 bits per heavy atom. The van der Waals surface area contributed by atoms with Crippen molar-refractivity contribution in [3.05, 3.63) is 54.1 Å². The molecule has 1 N–H and O–H groups in total. The minimum Gasteiger partial charge on any atom is -0.345 e. The van der Waals surface area contributed by atoms with Gasteiger partial charge in [-0.25, -0.2) is 8.42 Å². The molecule has 0 saturated heterocycles. The van der Waals surface area contributed by atoms with Gasteiger partial charge in [-0.1, -0.05) is 12.1 Å². The highest BCUT2D eigenvalue weighted by atomic mass is 32.2. The Balaban J connectivity index is 2.32. The van der Waals surface area contributed by atoms with Gasteiger partial charge in [0, 0.05) is 30.2 Å². The number of amides is 1.